The largest absolute Gasteiger partial charge is 0.462 e. The van der Waals surface area contributed by atoms with Crippen LogP contribution >= 0.6 is 23.1 Å². The average Bonchev–Trinajstić information content (AvgIpc) is 3.48. The second-order valence-electron chi connectivity index (χ2n) is 8.07. The van der Waals surface area contributed by atoms with E-state index in [2.05, 4.69) is 28.8 Å². The highest BCUT2D eigenvalue weighted by atomic mass is 32.2. The number of esters is 1. The van der Waals surface area contributed by atoms with Gasteiger partial charge in [0.15, 0.2) is 17.4 Å². The summed E-state index contributed by atoms with van der Waals surface area (Å²) in [4.78, 5) is 34.4. The van der Waals surface area contributed by atoms with Gasteiger partial charge in [0, 0.05) is 0 Å². The van der Waals surface area contributed by atoms with E-state index in [0.29, 0.717) is 27.0 Å². The number of aromatic nitrogens is 4. The number of carbonyl (C=O) groups excluding carboxylic acids is 2. The van der Waals surface area contributed by atoms with Crippen molar-refractivity contribution in [2.24, 2.45) is 0 Å². The van der Waals surface area contributed by atoms with Gasteiger partial charge in [-0.3, -0.25) is 9.52 Å². The van der Waals surface area contributed by atoms with Gasteiger partial charge in [-0.1, -0.05) is 18.2 Å². The number of nitrogens with zero attached hydrogens (tertiary/aromatic N) is 4. The Kier molecular flexibility index (Phi) is 6.77. The first kappa shape index (κ1) is 25.6. The minimum absolute atomic E-state index is 0.0396. The van der Waals surface area contributed by atoms with E-state index >= 15 is 0 Å². The van der Waals surface area contributed by atoms with Gasteiger partial charge in [0.2, 0.25) is 0 Å². The Hall–Kier alpha value is -4.01. The number of para-hydroxylation sites is 2. The van der Waals surface area contributed by atoms with Crippen LogP contribution in [0.3, 0.4) is 0 Å². The zero-order valence-corrected chi connectivity index (χ0v) is 22.8. The maximum absolute atomic E-state index is 13.5. The van der Waals surface area contributed by atoms with Crippen molar-refractivity contribution in [3.63, 3.8) is 0 Å². The van der Waals surface area contributed by atoms with E-state index in [-0.39, 0.29) is 45.0 Å². The number of anilines is 3. The predicted octanol–water partition coefficient (Wildman–Crippen LogP) is 4.93. The highest BCUT2D eigenvalue weighted by molar-refractivity contribution is 7.93. The van der Waals surface area contributed by atoms with Crippen molar-refractivity contribution in [1.82, 2.24) is 18.7 Å². The van der Waals surface area contributed by atoms with Gasteiger partial charge < -0.3 is 10.1 Å². The van der Waals surface area contributed by atoms with Crippen molar-refractivity contribution < 1.29 is 22.7 Å². The van der Waals surface area contributed by atoms with Crippen molar-refractivity contribution in [3.8, 4) is 0 Å². The lowest BCUT2D eigenvalue weighted by Crippen LogP contribution is -2.16. The predicted molar refractivity (Wildman–Crippen MR) is 146 cm³/mol. The molecule has 0 fully saturated rings. The molecule has 11 nitrogen and oxygen atoms in total. The summed E-state index contributed by atoms with van der Waals surface area (Å²) in [5.41, 5.74) is 2.25. The number of carbonyl (C=O) groups is 2. The van der Waals surface area contributed by atoms with Gasteiger partial charge >= 0.3 is 5.97 Å². The van der Waals surface area contributed by atoms with E-state index in [1.165, 1.54) is 13.0 Å². The lowest BCUT2D eigenvalue weighted by Gasteiger charge is -2.14. The maximum atomic E-state index is 13.5. The molecule has 0 aliphatic carbocycles. The van der Waals surface area contributed by atoms with E-state index in [0.717, 1.165) is 23.1 Å². The summed E-state index contributed by atoms with van der Waals surface area (Å²) in [6.45, 7) is 4.88. The molecule has 38 heavy (non-hydrogen) atoms. The summed E-state index contributed by atoms with van der Waals surface area (Å²) >= 11 is 1.96. The molecule has 0 saturated heterocycles. The number of sulfonamides is 1. The van der Waals surface area contributed by atoms with Crippen LogP contribution in [0.4, 0.5) is 16.6 Å². The monoisotopic (exact) mass is 568 g/mol. The lowest BCUT2D eigenvalue weighted by molar-refractivity contribution is 0.0527. The number of nitrogens with one attached hydrogen (secondary N) is 2. The van der Waals surface area contributed by atoms with Crippen LogP contribution in [0.15, 0.2) is 47.4 Å². The minimum Gasteiger partial charge on any atom is -0.462 e. The molecular weight excluding hydrogens is 549 g/mol. The average molecular weight is 569 g/mol. The zero-order valence-electron chi connectivity index (χ0n) is 20.3. The number of ketones is 1. The summed E-state index contributed by atoms with van der Waals surface area (Å²) < 4.78 is 42.9. The molecule has 2 N–H and O–H groups in total. The fourth-order valence-corrected chi connectivity index (χ4v) is 6.70. The van der Waals surface area contributed by atoms with E-state index in [1.807, 2.05) is 0 Å². The molecule has 14 heteroatoms. The number of benzene rings is 2. The third kappa shape index (κ3) is 4.68. The third-order valence-electron chi connectivity index (χ3n) is 5.52. The van der Waals surface area contributed by atoms with E-state index in [4.69, 9.17) is 4.74 Å². The van der Waals surface area contributed by atoms with Crippen LogP contribution in [0.1, 0.15) is 39.4 Å². The minimum atomic E-state index is -4.18. The topological polar surface area (TPSA) is 153 Å². The van der Waals surface area contributed by atoms with E-state index < -0.39 is 16.0 Å². The molecule has 0 radical (unpaired) electrons. The Balaban J connectivity index is 1.64. The first-order valence-corrected chi connectivity index (χ1v) is 14.3. The normalized spacial score (nSPS) is 11.6. The number of ether oxygens (including phenoxy) is 1. The van der Waals surface area contributed by atoms with Gasteiger partial charge in [0.25, 0.3) is 10.0 Å². The highest BCUT2D eigenvalue weighted by Crippen LogP contribution is 2.38. The van der Waals surface area contributed by atoms with Crippen LogP contribution in [0.5, 0.6) is 0 Å². The molecule has 3 heterocycles. The smallest absolute Gasteiger partial charge is 0.341 e. The van der Waals surface area contributed by atoms with Crippen LogP contribution < -0.4 is 10.0 Å². The van der Waals surface area contributed by atoms with Gasteiger partial charge in [-0.2, -0.15) is 8.75 Å². The standard InChI is InChI=1S/C24H20N6O5S3/c1-4-35-24(32)18-12(2)20(13(3)31)36-23(18)27-21-22(26-15-9-6-5-8-14(15)25-21)30-38(33,34)17-11-7-10-16-19(17)29-37-28-16/h5-11H,4H2,1-3H3,(H,25,27)(H,26,30). The molecule has 2 aromatic carbocycles. The molecule has 0 unspecified atom stereocenters. The molecule has 0 aliphatic heterocycles. The van der Waals surface area contributed by atoms with E-state index in [9.17, 15) is 18.0 Å². The number of rotatable bonds is 8. The van der Waals surface area contributed by atoms with Gasteiger partial charge in [-0.05, 0) is 50.6 Å². The summed E-state index contributed by atoms with van der Waals surface area (Å²) in [6, 6.07) is 11.6. The molecule has 0 atom stereocenters. The van der Waals surface area contributed by atoms with Crippen LogP contribution in [0.25, 0.3) is 22.1 Å². The van der Waals surface area contributed by atoms with Crippen molar-refractivity contribution in [1.29, 1.82) is 0 Å². The number of fused-ring (bicyclic) bond motifs is 2. The van der Waals surface area contributed by atoms with Crippen molar-refractivity contribution >= 4 is 83.5 Å². The fraction of sp³-hybridized carbons (Fsp3) is 0.167. The first-order valence-electron chi connectivity index (χ1n) is 11.3. The fourth-order valence-electron chi connectivity index (χ4n) is 3.83. The lowest BCUT2D eigenvalue weighted by atomic mass is 10.1. The Bertz CT molecular complexity index is 1830. The molecule has 5 aromatic rings. The van der Waals surface area contributed by atoms with Crippen LogP contribution in [-0.4, -0.2) is 45.5 Å². The van der Waals surface area contributed by atoms with Crippen molar-refractivity contribution in [2.45, 2.75) is 25.7 Å². The third-order valence-corrected chi connectivity index (χ3v) is 8.74. The summed E-state index contributed by atoms with van der Waals surface area (Å²) in [5.74, 6) is -0.900. The number of hydrogen-bond donors (Lipinski definition) is 2. The molecule has 0 spiro atoms. The SMILES string of the molecule is CCOC(=O)c1c(Nc2nc3ccccc3nc2NS(=O)(=O)c2cccc3nsnc23)sc(C(C)=O)c1C. The first-order chi connectivity index (χ1) is 18.2. The molecule has 0 amide bonds. The molecule has 3 aromatic heterocycles. The molecule has 0 bridgehead atoms. The second kappa shape index (κ2) is 10.0. The van der Waals surface area contributed by atoms with Crippen molar-refractivity contribution in [3.05, 3.63) is 58.5 Å². The number of Topliss-reactive ketones (excluding diaryl/α,β-unsaturated/α-hetero) is 1. The van der Waals surface area contributed by atoms with Gasteiger partial charge in [0.05, 0.1) is 39.8 Å². The zero-order chi connectivity index (χ0) is 27.0. The molecule has 0 saturated carbocycles. The Labute approximate surface area is 225 Å². The quantitative estimate of drug-likeness (QED) is 0.195. The second-order valence-corrected chi connectivity index (χ2v) is 11.3. The maximum Gasteiger partial charge on any atom is 0.341 e. The van der Waals surface area contributed by atoms with Crippen LogP contribution in [0.2, 0.25) is 0 Å². The van der Waals surface area contributed by atoms with Crippen LogP contribution in [-0.2, 0) is 14.8 Å². The van der Waals surface area contributed by atoms with Gasteiger partial charge in [-0.25, -0.2) is 23.2 Å². The highest BCUT2D eigenvalue weighted by Gasteiger charge is 2.27. The molecule has 194 valence electrons. The van der Waals surface area contributed by atoms with Crippen molar-refractivity contribution in [2.75, 3.05) is 16.6 Å². The summed E-state index contributed by atoms with van der Waals surface area (Å²) in [7, 11) is -4.18. The number of hydrogen-bond acceptors (Lipinski definition) is 12. The Morgan fingerprint density at radius 1 is 0.974 bits per heavy atom. The molecular formula is C24H20N6O5S3. The molecule has 0 aliphatic rings. The Morgan fingerprint density at radius 2 is 1.66 bits per heavy atom. The van der Waals surface area contributed by atoms with Crippen LogP contribution in [0, 0.1) is 6.92 Å². The Morgan fingerprint density at radius 3 is 2.34 bits per heavy atom. The van der Waals surface area contributed by atoms with Gasteiger partial charge in [-0.15, -0.1) is 11.3 Å². The molecule has 5 rings (SSSR count). The van der Waals surface area contributed by atoms with E-state index in [1.54, 1.807) is 50.2 Å². The summed E-state index contributed by atoms with van der Waals surface area (Å²) in [5, 5.41) is 3.31. The summed E-state index contributed by atoms with van der Waals surface area (Å²) in [6.07, 6.45) is 0. The number of thiophene rings is 1. The van der Waals surface area contributed by atoms with Gasteiger partial charge in [0.1, 0.15) is 20.9 Å².